The van der Waals surface area contributed by atoms with Crippen LogP contribution >= 0.6 is 0 Å². The Morgan fingerprint density at radius 1 is 1.26 bits per heavy atom. The predicted molar refractivity (Wildman–Crippen MR) is 76.3 cm³/mol. The van der Waals surface area contributed by atoms with Crippen LogP contribution in [0.2, 0.25) is 0 Å². The number of ether oxygens (including phenoxy) is 1. The minimum Gasteiger partial charge on any atom is -0.495 e. The average Bonchev–Trinajstić information content (AvgIpc) is 2.46. The number of hydrogen-bond donors (Lipinski definition) is 1. The number of carbonyl (C=O) groups excluding carboxylic acids is 1. The van der Waals surface area contributed by atoms with Crippen molar-refractivity contribution >= 4 is 11.6 Å². The van der Waals surface area contributed by atoms with E-state index < -0.39 is 0 Å². The SMILES string of the molecule is COc1ccccc1N(C)C(=O)C1CCC(N)CC1. The monoisotopic (exact) mass is 262 g/mol. The van der Waals surface area contributed by atoms with Gasteiger partial charge in [0.1, 0.15) is 5.75 Å². The lowest BCUT2D eigenvalue weighted by Gasteiger charge is -2.29. The van der Waals surface area contributed by atoms with Gasteiger partial charge in [0.15, 0.2) is 0 Å². The summed E-state index contributed by atoms with van der Waals surface area (Å²) >= 11 is 0. The van der Waals surface area contributed by atoms with Gasteiger partial charge in [0.2, 0.25) is 5.91 Å². The van der Waals surface area contributed by atoms with Crippen molar-refractivity contribution in [1.29, 1.82) is 0 Å². The smallest absolute Gasteiger partial charge is 0.229 e. The van der Waals surface area contributed by atoms with E-state index in [0.29, 0.717) is 0 Å². The number of nitrogens with two attached hydrogens (primary N) is 1. The second-order valence-corrected chi connectivity index (χ2v) is 5.18. The van der Waals surface area contributed by atoms with E-state index in [1.54, 1.807) is 12.0 Å². The van der Waals surface area contributed by atoms with Gasteiger partial charge in [-0.15, -0.1) is 0 Å². The molecule has 0 aliphatic heterocycles. The largest absolute Gasteiger partial charge is 0.495 e. The Kier molecular flexibility index (Phi) is 4.43. The van der Waals surface area contributed by atoms with E-state index in [-0.39, 0.29) is 17.9 Å². The van der Waals surface area contributed by atoms with E-state index in [0.717, 1.165) is 37.1 Å². The van der Waals surface area contributed by atoms with Crippen molar-refractivity contribution in [1.82, 2.24) is 0 Å². The lowest BCUT2D eigenvalue weighted by molar-refractivity contribution is -0.123. The molecular weight excluding hydrogens is 240 g/mol. The standard InChI is InChI=1S/C15H22N2O2/c1-17(13-5-3-4-6-14(13)19-2)15(18)11-7-9-12(16)10-8-11/h3-6,11-12H,7-10,16H2,1-2H3. The van der Waals surface area contributed by atoms with Crippen molar-refractivity contribution < 1.29 is 9.53 Å². The summed E-state index contributed by atoms with van der Waals surface area (Å²) in [5.41, 5.74) is 6.71. The molecule has 0 aromatic heterocycles. The lowest BCUT2D eigenvalue weighted by Crippen LogP contribution is -2.37. The van der Waals surface area contributed by atoms with Crippen molar-refractivity contribution in [2.75, 3.05) is 19.1 Å². The molecule has 0 atom stereocenters. The quantitative estimate of drug-likeness (QED) is 0.908. The third-order valence-corrected chi connectivity index (χ3v) is 3.90. The zero-order valence-electron chi connectivity index (χ0n) is 11.6. The van der Waals surface area contributed by atoms with Gasteiger partial charge < -0.3 is 15.4 Å². The van der Waals surface area contributed by atoms with Crippen LogP contribution < -0.4 is 15.4 Å². The molecular formula is C15H22N2O2. The highest BCUT2D eigenvalue weighted by Gasteiger charge is 2.28. The van der Waals surface area contributed by atoms with Crippen LogP contribution in [0.1, 0.15) is 25.7 Å². The number of carbonyl (C=O) groups is 1. The highest BCUT2D eigenvalue weighted by atomic mass is 16.5. The molecule has 1 aliphatic rings. The number of para-hydroxylation sites is 2. The van der Waals surface area contributed by atoms with Gasteiger partial charge in [-0.1, -0.05) is 12.1 Å². The minimum absolute atomic E-state index is 0.0923. The van der Waals surface area contributed by atoms with Crippen LogP contribution in [0, 0.1) is 5.92 Å². The summed E-state index contributed by atoms with van der Waals surface area (Å²) in [6, 6.07) is 7.86. The molecule has 1 fully saturated rings. The Bertz CT molecular complexity index is 440. The Morgan fingerprint density at radius 2 is 1.89 bits per heavy atom. The first kappa shape index (κ1) is 13.9. The first-order valence-electron chi connectivity index (χ1n) is 6.79. The molecule has 2 N–H and O–H groups in total. The Morgan fingerprint density at radius 3 is 2.53 bits per heavy atom. The fourth-order valence-electron chi connectivity index (χ4n) is 2.67. The number of methoxy groups -OCH3 is 1. The molecule has 0 spiro atoms. The Labute approximate surface area is 114 Å². The molecule has 1 amide bonds. The number of anilines is 1. The van der Waals surface area contributed by atoms with Gasteiger partial charge in [0, 0.05) is 19.0 Å². The molecule has 19 heavy (non-hydrogen) atoms. The van der Waals surface area contributed by atoms with Gasteiger partial charge in [-0.05, 0) is 37.8 Å². The molecule has 1 saturated carbocycles. The zero-order valence-corrected chi connectivity index (χ0v) is 11.6. The van der Waals surface area contributed by atoms with Crippen molar-refractivity contribution in [2.24, 2.45) is 11.7 Å². The van der Waals surface area contributed by atoms with Gasteiger partial charge in [-0.2, -0.15) is 0 Å². The maximum atomic E-state index is 12.5. The molecule has 0 heterocycles. The maximum Gasteiger partial charge on any atom is 0.229 e. The van der Waals surface area contributed by atoms with Crippen molar-refractivity contribution in [3.8, 4) is 5.75 Å². The number of amides is 1. The molecule has 4 nitrogen and oxygen atoms in total. The summed E-state index contributed by atoms with van der Waals surface area (Å²) in [4.78, 5) is 14.2. The van der Waals surface area contributed by atoms with Crippen LogP contribution in [0.3, 0.4) is 0 Å². The van der Waals surface area contributed by atoms with Crippen LogP contribution in [0.15, 0.2) is 24.3 Å². The van der Waals surface area contributed by atoms with Gasteiger partial charge in [0.25, 0.3) is 0 Å². The highest BCUT2D eigenvalue weighted by molar-refractivity contribution is 5.95. The number of hydrogen-bond acceptors (Lipinski definition) is 3. The zero-order chi connectivity index (χ0) is 13.8. The van der Waals surface area contributed by atoms with E-state index in [4.69, 9.17) is 10.5 Å². The fraction of sp³-hybridized carbons (Fsp3) is 0.533. The highest BCUT2D eigenvalue weighted by Crippen LogP contribution is 2.31. The molecule has 1 aromatic rings. The Hall–Kier alpha value is -1.55. The van der Waals surface area contributed by atoms with Crippen molar-refractivity contribution in [2.45, 2.75) is 31.7 Å². The summed E-state index contributed by atoms with van der Waals surface area (Å²) < 4.78 is 5.31. The summed E-state index contributed by atoms with van der Waals surface area (Å²) in [7, 11) is 3.44. The minimum atomic E-state index is 0.0923. The van der Waals surface area contributed by atoms with Crippen LogP contribution in [-0.2, 0) is 4.79 Å². The third-order valence-electron chi connectivity index (χ3n) is 3.90. The van der Waals surface area contributed by atoms with Crippen LogP contribution in [0.25, 0.3) is 0 Å². The summed E-state index contributed by atoms with van der Waals surface area (Å²) in [6.07, 6.45) is 3.66. The first-order chi connectivity index (χ1) is 9.13. The first-order valence-corrected chi connectivity index (χ1v) is 6.79. The number of nitrogens with zero attached hydrogens (tertiary/aromatic N) is 1. The van der Waals surface area contributed by atoms with E-state index in [1.807, 2.05) is 31.3 Å². The molecule has 4 heteroatoms. The molecule has 0 saturated heterocycles. The van der Waals surface area contributed by atoms with Gasteiger partial charge in [0.05, 0.1) is 12.8 Å². The lowest BCUT2D eigenvalue weighted by atomic mass is 9.85. The molecule has 0 radical (unpaired) electrons. The normalized spacial score (nSPS) is 22.9. The number of rotatable bonds is 3. The third kappa shape index (κ3) is 3.07. The molecule has 0 unspecified atom stereocenters. The van der Waals surface area contributed by atoms with Gasteiger partial charge in [-0.3, -0.25) is 4.79 Å². The van der Waals surface area contributed by atoms with Crippen molar-refractivity contribution in [3.63, 3.8) is 0 Å². The van der Waals surface area contributed by atoms with Gasteiger partial charge in [-0.25, -0.2) is 0 Å². The Balaban J connectivity index is 2.10. The van der Waals surface area contributed by atoms with Crippen molar-refractivity contribution in [3.05, 3.63) is 24.3 Å². The van der Waals surface area contributed by atoms with E-state index in [2.05, 4.69) is 0 Å². The molecule has 2 rings (SSSR count). The average molecular weight is 262 g/mol. The second kappa shape index (κ2) is 6.06. The van der Waals surface area contributed by atoms with Crippen LogP contribution in [0.5, 0.6) is 5.75 Å². The molecule has 1 aromatic carbocycles. The molecule has 1 aliphatic carbocycles. The van der Waals surface area contributed by atoms with E-state index in [9.17, 15) is 4.79 Å². The second-order valence-electron chi connectivity index (χ2n) is 5.18. The fourth-order valence-corrected chi connectivity index (χ4v) is 2.67. The van der Waals surface area contributed by atoms with E-state index in [1.165, 1.54) is 0 Å². The van der Waals surface area contributed by atoms with Crippen LogP contribution in [-0.4, -0.2) is 26.1 Å². The molecule has 0 bridgehead atoms. The van der Waals surface area contributed by atoms with Crippen LogP contribution in [0.4, 0.5) is 5.69 Å². The van der Waals surface area contributed by atoms with Gasteiger partial charge >= 0.3 is 0 Å². The molecule has 104 valence electrons. The topological polar surface area (TPSA) is 55.6 Å². The summed E-state index contributed by atoms with van der Waals surface area (Å²) in [6.45, 7) is 0. The summed E-state index contributed by atoms with van der Waals surface area (Å²) in [5.74, 6) is 0.983. The van der Waals surface area contributed by atoms with E-state index >= 15 is 0 Å². The summed E-state index contributed by atoms with van der Waals surface area (Å²) in [5, 5.41) is 0. The maximum absolute atomic E-state index is 12.5. The predicted octanol–water partition coefficient (Wildman–Crippen LogP) is 2.18. The number of benzene rings is 1.